The number of aliphatic hydroxyl groups excluding tert-OH is 1. The molecule has 0 aromatic carbocycles. The lowest BCUT2D eigenvalue weighted by atomic mass is 9.88. The minimum Gasteiger partial charge on any atom is -0.396 e. The van der Waals surface area contributed by atoms with E-state index in [1.165, 1.54) is 12.8 Å². The van der Waals surface area contributed by atoms with Crippen LogP contribution in [0.5, 0.6) is 0 Å². The van der Waals surface area contributed by atoms with E-state index < -0.39 is 0 Å². The van der Waals surface area contributed by atoms with Crippen molar-refractivity contribution in [3.05, 3.63) is 0 Å². The molecule has 2 aliphatic rings. The highest BCUT2D eigenvalue weighted by atomic mass is 16.5. The van der Waals surface area contributed by atoms with E-state index in [0.29, 0.717) is 12.7 Å². The predicted molar refractivity (Wildman–Crippen MR) is 61.4 cm³/mol. The average molecular weight is 229 g/mol. The van der Waals surface area contributed by atoms with Crippen LogP contribution >= 0.6 is 0 Å². The van der Waals surface area contributed by atoms with Crippen molar-refractivity contribution in [3.8, 4) is 0 Å². The summed E-state index contributed by atoms with van der Waals surface area (Å²) in [5.74, 6) is 0. The van der Waals surface area contributed by atoms with Crippen LogP contribution in [0.25, 0.3) is 0 Å². The molecule has 2 unspecified atom stereocenters. The Morgan fingerprint density at radius 3 is 2.88 bits per heavy atom. The van der Waals surface area contributed by atoms with Crippen molar-refractivity contribution in [2.75, 3.05) is 46.6 Å². The van der Waals surface area contributed by atoms with Crippen LogP contribution in [-0.4, -0.2) is 62.7 Å². The molecule has 2 saturated heterocycles. The maximum Gasteiger partial charge on any atom is 0.0702 e. The van der Waals surface area contributed by atoms with Crippen molar-refractivity contribution in [1.82, 2.24) is 4.90 Å². The van der Waals surface area contributed by atoms with E-state index in [1.807, 2.05) is 0 Å². The Labute approximate surface area is 97.5 Å². The Morgan fingerprint density at radius 2 is 2.31 bits per heavy atom. The molecule has 2 atom stereocenters. The normalized spacial score (nSPS) is 35.1. The third-order valence-corrected chi connectivity index (χ3v) is 3.67. The minimum atomic E-state index is -0.0344. The quantitative estimate of drug-likeness (QED) is 0.745. The second kappa shape index (κ2) is 5.45. The number of aliphatic hydroxyl groups is 1. The molecule has 0 aromatic rings. The maximum absolute atomic E-state index is 9.49. The van der Waals surface area contributed by atoms with Crippen molar-refractivity contribution in [1.29, 1.82) is 0 Å². The SMILES string of the molecule is CN(CC1CCCO1)CC1(CO)CCOC1. The van der Waals surface area contributed by atoms with Crippen molar-refractivity contribution in [2.45, 2.75) is 25.4 Å². The molecule has 0 radical (unpaired) electrons. The molecule has 4 heteroatoms. The highest BCUT2D eigenvalue weighted by Crippen LogP contribution is 2.29. The highest BCUT2D eigenvalue weighted by Gasteiger charge is 2.35. The van der Waals surface area contributed by atoms with Gasteiger partial charge in [0.05, 0.1) is 19.3 Å². The minimum absolute atomic E-state index is 0.0344. The van der Waals surface area contributed by atoms with Gasteiger partial charge < -0.3 is 19.5 Å². The summed E-state index contributed by atoms with van der Waals surface area (Å²) in [6.07, 6.45) is 3.72. The molecule has 1 N–H and O–H groups in total. The zero-order valence-corrected chi connectivity index (χ0v) is 10.2. The first-order valence-corrected chi connectivity index (χ1v) is 6.23. The number of likely N-dealkylation sites (N-methyl/N-ethyl adjacent to an activating group) is 1. The molecule has 0 saturated carbocycles. The van der Waals surface area contributed by atoms with Crippen LogP contribution in [-0.2, 0) is 9.47 Å². The molecule has 2 heterocycles. The van der Waals surface area contributed by atoms with Gasteiger partial charge in [0.15, 0.2) is 0 Å². The van der Waals surface area contributed by atoms with Crippen molar-refractivity contribution >= 4 is 0 Å². The van der Waals surface area contributed by atoms with Gasteiger partial charge in [-0.25, -0.2) is 0 Å². The van der Waals surface area contributed by atoms with Crippen LogP contribution in [0, 0.1) is 5.41 Å². The Morgan fingerprint density at radius 1 is 1.44 bits per heavy atom. The summed E-state index contributed by atoms with van der Waals surface area (Å²) in [6.45, 7) is 4.49. The summed E-state index contributed by atoms with van der Waals surface area (Å²) >= 11 is 0. The number of rotatable bonds is 5. The smallest absolute Gasteiger partial charge is 0.0702 e. The second-order valence-electron chi connectivity index (χ2n) is 5.29. The third kappa shape index (κ3) is 2.94. The first-order valence-electron chi connectivity index (χ1n) is 6.23. The van der Waals surface area contributed by atoms with Gasteiger partial charge in [0.1, 0.15) is 0 Å². The molecule has 2 fully saturated rings. The molecule has 2 aliphatic heterocycles. The van der Waals surface area contributed by atoms with E-state index in [-0.39, 0.29) is 12.0 Å². The number of ether oxygens (including phenoxy) is 2. The Bertz CT molecular complexity index is 210. The molecular formula is C12H23NO3. The number of hydrogen-bond acceptors (Lipinski definition) is 4. The molecule has 0 aliphatic carbocycles. The Hall–Kier alpha value is -0.160. The van der Waals surface area contributed by atoms with Gasteiger partial charge in [0, 0.05) is 31.7 Å². The first kappa shape index (κ1) is 12.3. The van der Waals surface area contributed by atoms with E-state index >= 15 is 0 Å². The van der Waals surface area contributed by atoms with Gasteiger partial charge in [0.25, 0.3) is 0 Å². The van der Waals surface area contributed by atoms with Crippen molar-refractivity contribution in [3.63, 3.8) is 0 Å². The van der Waals surface area contributed by atoms with Crippen LogP contribution < -0.4 is 0 Å². The average Bonchev–Trinajstić information content (AvgIpc) is 2.90. The summed E-state index contributed by atoms with van der Waals surface area (Å²) in [5, 5.41) is 9.49. The zero-order valence-electron chi connectivity index (χ0n) is 10.2. The molecule has 4 nitrogen and oxygen atoms in total. The summed E-state index contributed by atoms with van der Waals surface area (Å²) in [5.41, 5.74) is -0.0344. The van der Waals surface area contributed by atoms with Gasteiger partial charge in [-0.3, -0.25) is 0 Å². The maximum atomic E-state index is 9.49. The molecule has 2 rings (SSSR count). The molecule has 16 heavy (non-hydrogen) atoms. The van der Waals surface area contributed by atoms with E-state index in [1.54, 1.807) is 0 Å². The van der Waals surface area contributed by atoms with Crippen LogP contribution in [0.3, 0.4) is 0 Å². The molecule has 0 spiro atoms. The van der Waals surface area contributed by atoms with Gasteiger partial charge in [-0.1, -0.05) is 0 Å². The Balaban J connectivity index is 1.78. The van der Waals surface area contributed by atoms with Gasteiger partial charge >= 0.3 is 0 Å². The fourth-order valence-electron chi connectivity index (χ4n) is 2.72. The summed E-state index contributed by atoms with van der Waals surface area (Å²) in [4.78, 5) is 2.28. The largest absolute Gasteiger partial charge is 0.396 e. The Kier molecular flexibility index (Phi) is 4.19. The monoisotopic (exact) mass is 229 g/mol. The van der Waals surface area contributed by atoms with Crippen molar-refractivity contribution < 1.29 is 14.6 Å². The molecule has 0 aromatic heterocycles. The summed E-state index contributed by atoms with van der Waals surface area (Å²) < 4.78 is 11.0. The number of hydrogen-bond donors (Lipinski definition) is 1. The van der Waals surface area contributed by atoms with Crippen molar-refractivity contribution in [2.24, 2.45) is 5.41 Å². The summed E-state index contributed by atoms with van der Waals surface area (Å²) in [6, 6.07) is 0. The molecule has 94 valence electrons. The predicted octanol–water partition coefficient (Wildman–Crippen LogP) is 0.496. The van der Waals surface area contributed by atoms with Crippen LogP contribution in [0.4, 0.5) is 0 Å². The lowest BCUT2D eigenvalue weighted by Crippen LogP contribution is -2.41. The topological polar surface area (TPSA) is 41.9 Å². The summed E-state index contributed by atoms with van der Waals surface area (Å²) in [7, 11) is 2.11. The third-order valence-electron chi connectivity index (χ3n) is 3.67. The van der Waals surface area contributed by atoms with E-state index in [2.05, 4.69) is 11.9 Å². The van der Waals surface area contributed by atoms with Gasteiger partial charge in [-0.05, 0) is 26.3 Å². The van der Waals surface area contributed by atoms with Crippen LogP contribution in [0.2, 0.25) is 0 Å². The molecule has 0 bridgehead atoms. The highest BCUT2D eigenvalue weighted by molar-refractivity contribution is 4.86. The van der Waals surface area contributed by atoms with E-state index in [9.17, 15) is 5.11 Å². The molecule has 0 amide bonds. The fourth-order valence-corrected chi connectivity index (χ4v) is 2.72. The van der Waals surface area contributed by atoms with Gasteiger partial charge in [-0.15, -0.1) is 0 Å². The van der Waals surface area contributed by atoms with Gasteiger partial charge in [-0.2, -0.15) is 0 Å². The lowest BCUT2D eigenvalue weighted by Gasteiger charge is -2.31. The second-order valence-corrected chi connectivity index (χ2v) is 5.29. The lowest BCUT2D eigenvalue weighted by molar-refractivity contribution is 0.0367. The fraction of sp³-hybridized carbons (Fsp3) is 1.00. The zero-order chi connectivity index (χ0) is 11.4. The first-order chi connectivity index (χ1) is 7.74. The van der Waals surface area contributed by atoms with Crippen LogP contribution in [0.1, 0.15) is 19.3 Å². The number of nitrogens with zero attached hydrogens (tertiary/aromatic N) is 1. The standard InChI is InChI=1S/C12H23NO3/c1-13(7-11-3-2-5-16-11)8-12(9-14)4-6-15-10-12/h11,14H,2-10H2,1H3. The molecular weight excluding hydrogens is 206 g/mol. The van der Waals surface area contributed by atoms with Crippen LogP contribution in [0.15, 0.2) is 0 Å². The van der Waals surface area contributed by atoms with Gasteiger partial charge in [0.2, 0.25) is 0 Å². The van der Waals surface area contributed by atoms with E-state index in [4.69, 9.17) is 9.47 Å². The van der Waals surface area contributed by atoms with E-state index in [0.717, 1.165) is 32.7 Å².